The molecule has 0 saturated heterocycles. The van der Waals surface area contributed by atoms with Gasteiger partial charge in [-0.1, -0.05) is 0 Å². The maximum atomic E-state index is 11.1. The summed E-state index contributed by atoms with van der Waals surface area (Å²) in [7, 11) is 0. The average molecular weight is 232 g/mol. The number of benzene rings is 1. The highest BCUT2D eigenvalue weighted by molar-refractivity contribution is 5.93. The van der Waals surface area contributed by atoms with Gasteiger partial charge in [0.1, 0.15) is 5.58 Å². The van der Waals surface area contributed by atoms with Gasteiger partial charge in [-0.25, -0.2) is 0 Å². The summed E-state index contributed by atoms with van der Waals surface area (Å²) in [5.74, 6) is -0.0837. The fourth-order valence-corrected chi connectivity index (χ4v) is 1.93. The van der Waals surface area contributed by atoms with Crippen molar-refractivity contribution in [3.63, 3.8) is 0 Å². The summed E-state index contributed by atoms with van der Waals surface area (Å²) >= 11 is 0. The van der Waals surface area contributed by atoms with Crippen LogP contribution >= 0.6 is 0 Å². The van der Waals surface area contributed by atoms with Crippen molar-refractivity contribution >= 4 is 22.6 Å². The van der Waals surface area contributed by atoms with Crippen LogP contribution in [-0.2, 0) is 11.2 Å². The van der Waals surface area contributed by atoms with E-state index < -0.39 is 0 Å². The van der Waals surface area contributed by atoms with Gasteiger partial charge in [-0.05, 0) is 37.1 Å². The summed E-state index contributed by atoms with van der Waals surface area (Å²) in [6, 6.07) is 5.74. The Morgan fingerprint density at radius 1 is 1.53 bits per heavy atom. The van der Waals surface area contributed by atoms with Crippen LogP contribution in [0.2, 0.25) is 0 Å². The van der Waals surface area contributed by atoms with E-state index >= 15 is 0 Å². The second-order valence-corrected chi connectivity index (χ2v) is 4.34. The van der Waals surface area contributed by atoms with Gasteiger partial charge in [0.15, 0.2) is 0 Å². The standard InChI is InChI=1S/C13H16N2O2/c1-8(14)5-11-7-12(15-9(2)16)6-10-3-4-17-13(10)11/h3-4,6-8H,5,14H2,1-2H3,(H,15,16). The minimum absolute atomic E-state index is 0.0517. The first kappa shape index (κ1) is 11.7. The minimum atomic E-state index is -0.0837. The summed E-state index contributed by atoms with van der Waals surface area (Å²) in [5.41, 5.74) is 8.45. The zero-order valence-corrected chi connectivity index (χ0v) is 9.99. The molecule has 0 radical (unpaired) electrons. The van der Waals surface area contributed by atoms with Gasteiger partial charge >= 0.3 is 0 Å². The van der Waals surface area contributed by atoms with Gasteiger partial charge in [0.25, 0.3) is 0 Å². The van der Waals surface area contributed by atoms with Crippen LogP contribution in [0.15, 0.2) is 28.9 Å². The quantitative estimate of drug-likeness (QED) is 0.853. The number of rotatable bonds is 3. The van der Waals surface area contributed by atoms with E-state index in [-0.39, 0.29) is 11.9 Å². The Labute approximate surface area is 99.8 Å². The predicted molar refractivity (Wildman–Crippen MR) is 67.9 cm³/mol. The summed E-state index contributed by atoms with van der Waals surface area (Å²) < 4.78 is 5.44. The number of carbonyl (C=O) groups excluding carboxylic acids is 1. The Hall–Kier alpha value is -1.81. The van der Waals surface area contributed by atoms with Crippen molar-refractivity contribution in [2.75, 3.05) is 5.32 Å². The fourth-order valence-electron chi connectivity index (χ4n) is 1.93. The van der Waals surface area contributed by atoms with Crippen molar-refractivity contribution in [1.29, 1.82) is 0 Å². The Morgan fingerprint density at radius 3 is 2.94 bits per heavy atom. The first-order valence-corrected chi connectivity index (χ1v) is 5.59. The Balaban J connectivity index is 2.46. The van der Waals surface area contributed by atoms with E-state index in [1.54, 1.807) is 6.26 Å². The van der Waals surface area contributed by atoms with Crippen molar-refractivity contribution in [2.45, 2.75) is 26.3 Å². The lowest BCUT2D eigenvalue weighted by molar-refractivity contribution is -0.114. The van der Waals surface area contributed by atoms with Crippen molar-refractivity contribution in [1.82, 2.24) is 0 Å². The number of hydrogen-bond donors (Lipinski definition) is 2. The molecule has 4 nitrogen and oxygen atoms in total. The first-order valence-electron chi connectivity index (χ1n) is 5.59. The highest BCUT2D eigenvalue weighted by Crippen LogP contribution is 2.26. The number of fused-ring (bicyclic) bond motifs is 1. The molecule has 1 aromatic heterocycles. The third kappa shape index (κ3) is 2.65. The highest BCUT2D eigenvalue weighted by atomic mass is 16.3. The zero-order valence-electron chi connectivity index (χ0n) is 9.99. The highest BCUT2D eigenvalue weighted by Gasteiger charge is 2.09. The van der Waals surface area contributed by atoms with Crippen molar-refractivity contribution in [2.24, 2.45) is 5.73 Å². The van der Waals surface area contributed by atoms with Gasteiger partial charge in [0.2, 0.25) is 5.91 Å². The van der Waals surface area contributed by atoms with Crippen LogP contribution in [-0.4, -0.2) is 11.9 Å². The second kappa shape index (κ2) is 4.59. The van der Waals surface area contributed by atoms with Crippen LogP contribution in [0.4, 0.5) is 5.69 Å². The van der Waals surface area contributed by atoms with E-state index in [4.69, 9.17) is 10.2 Å². The van der Waals surface area contributed by atoms with E-state index in [0.29, 0.717) is 0 Å². The fraction of sp³-hybridized carbons (Fsp3) is 0.308. The molecule has 0 aliphatic heterocycles. The molecule has 1 heterocycles. The zero-order chi connectivity index (χ0) is 12.4. The van der Waals surface area contributed by atoms with Crippen LogP contribution in [0.5, 0.6) is 0 Å². The molecule has 0 aliphatic carbocycles. The van der Waals surface area contributed by atoms with E-state index in [1.165, 1.54) is 6.92 Å². The summed E-state index contributed by atoms with van der Waals surface area (Å²) in [5, 5.41) is 3.76. The molecule has 1 amide bonds. The van der Waals surface area contributed by atoms with Crippen LogP contribution in [0.3, 0.4) is 0 Å². The monoisotopic (exact) mass is 232 g/mol. The molecular formula is C13H16N2O2. The number of anilines is 1. The van der Waals surface area contributed by atoms with Gasteiger partial charge in [0.05, 0.1) is 6.26 Å². The maximum Gasteiger partial charge on any atom is 0.221 e. The minimum Gasteiger partial charge on any atom is -0.464 e. The Bertz CT molecular complexity index is 543. The van der Waals surface area contributed by atoms with E-state index in [1.807, 2.05) is 25.1 Å². The predicted octanol–water partition coefficient (Wildman–Crippen LogP) is 2.28. The van der Waals surface area contributed by atoms with Gasteiger partial charge in [-0.15, -0.1) is 0 Å². The van der Waals surface area contributed by atoms with Gasteiger partial charge < -0.3 is 15.5 Å². The van der Waals surface area contributed by atoms with E-state index in [9.17, 15) is 4.79 Å². The van der Waals surface area contributed by atoms with E-state index in [2.05, 4.69) is 5.32 Å². The van der Waals surface area contributed by atoms with E-state index in [0.717, 1.165) is 28.6 Å². The Kier molecular flexibility index (Phi) is 3.15. The molecule has 0 saturated carbocycles. The first-order chi connectivity index (χ1) is 8.06. The maximum absolute atomic E-state index is 11.1. The molecular weight excluding hydrogens is 216 g/mol. The second-order valence-electron chi connectivity index (χ2n) is 4.34. The van der Waals surface area contributed by atoms with Gasteiger partial charge in [-0.2, -0.15) is 0 Å². The third-order valence-electron chi connectivity index (χ3n) is 2.49. The van der Waals surface area contributed by atoms with Crippen molar-refractivity contribution in [3.8, 4) is 0 Å². The smallest absolute Gasteiger partial charge is 0.221 e. The molecule has 17 heavy (non-hydrogen) atoms. The van der Waals surface area contributed by atoms with Crippen molar-refractivity contribution in [3.05, 3.63) is 30.0 Å². The van der Waals surface area contributed by atoms with Crippen LogP contribution < -0.4 is 11.1 Å². The Morgan fingerprint density at radius 2 is 2.29 bits per heavy atom. The number of nitrogens with two attached hydrogens (primary N) is 1. The summed E-state index contributed by atoms with van der Waals surface area (Å²) in [6.45, 7) is 3.44. The van der Waals surface area contributed by atoms with Crippen LogP contribution in [0, 0.1) is 0 Å². The largest absolute Gasteiger partial charge is 0.464 e. The molecule has 3 N–H and O–H groups in total. The molecule has 0 fully saturated rings. The lowest BCUT2D eigenvalue weighted by Gasteiger charge is -2.09. The molecule has 1 unspecified atom stereocenters. The number of amides is 1. The molecule has 0 bridgehead atoms. The molecule has 4 heteroatoms. The SMILES string of the molecule is CC(=O)Nc1cc(CC(C)N)c2occc2c1. The lowest BCUT2D eigenvalue weighted by Crippen LogP contribution is -2.18. The summed E-state index contributed by atoms with van der Waals surface area (Å²) in [4.78, 5) is 11.1. The van der Waals surface area contributed by atoms with Gasteiger partial charge in [0, 0.05) is 24.0 Å². The molecule has 0 aliphatic rings. The molecule has 90 valence electrons. The number of furan rings is 1. The third-order valence-corrected chi connectivity index (χ3v) is 2.49. The van der Waals surface area contributed by atoms with Gasteiger partial charge in [-0.3, -0.25) is 4.79 Å². The topological polar surface area (TPSA) is 68.3 Å². The molecule has 1 atom stereocenters. The molecule has 2 aromatic rings. The van der Waals surface area contributed by atoms with Crippen LogP contribution in [0.25, 0.3) is 11.0 Å². The average Bonchev–Trinajstić information content (AvgIpc) is 2.63. The molecule has 2 rings (SSSR count). The van der Waals surface area contributed by atoms with Crippen molar-refractivity contribution < 1.29 is 9.21 Å². The number of carbonyl (C=O) groups is 1. The number of nitrogens with one attached hydrogen (secondary N) is 1. The molecule has 1 aromatic carbocycles. The lowest BCUT2D eigenvalue weighted by atomic mass is 10.0. The normalized spacial score (nSPS) is 12.6. The number of hydrogen-bond acceptors (Lipinski definition) is 3. The summed E-state index contributed by atoms with van der Waals surface area (Å²) in [6.07, 6.45) is 2.37. The van der Waals surface area contributed by atoms with Crippen LogP contribution in [0.1, 0.15) is 19.4 Å². The molecule has 0 spiro atoms.